The largest absolute Gasteiger partial charge is 0.492 e. The van der Waals surface area contributed by atoms with Crippen LogP contribution < -0.4 is 20.5 Å². The molecule has 0 bridgehead atoms. The van der Waals surface area contributed by atoms with E-state index in [1.165, 1.54) is 16.8 Å². The Kier molecular flexibility index (Phi) is 7.03. The van der Waals surface area contributed by atoms with Crippen LogP contribution in [0, 0.1) is 0 Å². The Morgan fingerprint density at radius 2 is 1.84 bits per heavy atom. The molecule has 1 amide bonds. The third-order valence-electron chi connectivity index (χ3n) is 4.98. The molecule has 1 N–H and O–H groups in total. The number of hydrogen-bond donors (Lipinski definition) is 1. The number of rotatable bonds is 7. The van der Waals surface area contributed by atoms with Crippen molar-refractivity contribution in [2.45, 2.75) is 6.54 Å². The van der Waals surface area contributed by atoms with E-state index in [4.69, 9.17) is 21.1 Å². The molecule has 0 saturated carbocycles. The minimum absolute atomic E-state index is 0.122. The number of para-hydroxylation sites is 2. The molecule has 1 fully saturated rings. The standard InChI is InChI=1S/C23H23ClN4O4/c24-18-7-4-8-19(22(18)27-11-14-31-15-12-27)25-23(30)20-9-10-21(29)28(26-20)13-16-32-17-5-2-1-3-6-17/h1-10H,11-16H2,(H,25,30). The lowest BCUT2D eigenvalue weighted by Gasteiger charge is -2.31. The highest BCUT2D eigenvalue weighted by molar-refractivity contribution is 6.34. The Labute approximate surface area is 190 Å². The summed E-state index contributed by atoms with van der Waals surface area (Å²) in [6.07, 6.45) is 0. The van der Waals surface area contributed by atoms with Crippen molar-refractivity contribution < 1.29 is 14.3 Å². The maximum Gasteiger partial charge on any atom is 0.276 e. The third kappa shape index (κ3) is 5.27. The number of morpholine rings is 1. The van der Waals surface area contributed by atoms with Crippen molar-refractivity contribution in [3.63, 3.8) is 0 Å². The van der Waals surface area contributed by atoms with Crippen molar-refractivity contribution in [1.82, 2.24) is 9.78 Å². The average Bonchev–Trinajstić information content (AvgIpc) is 2.81. The number of halogens is 1. The number of nitrogens with zero attached hydrogens (tertiary/aromatic N) is 3. The lowest BCUT2D eigenvalue weighted by Crippen LogP contribution is -2.37. The topological polar surface area (TPSA) is 85.7 Å². The molecule has 2 heterocycles. The van der Waals surface area contributed by atoms with Gasteiger partial charge < -0.3 is 19.7 Å². The second-order valence-corrected chi connectivity index (χ2v) is 7.54. The number of anilines is 2. The van der Waals surface area contributed by atoms with Crippen molar-refractivity contribution >= 4 is 28.9 Å². The maximum atomic E-state index is 12.9. The highest BCUT2D eigenvalue weighted by atomic mass is 35.5. The Morgan fingerprint density at radius 3 is 2.62 bits per heavy atom. The van der Waals surface area contributed by atoms with E-state index < -0.39 is 5.91 Å². The number of carbonyl (C=O) groups is 1. The van der Waals surface area contributed by atoms with Crippen LogP contribution >= 0.6 is 11.6 Å². The van der Waals surface area contributed by atoms with Gasteiger partial charge in [0, 0.05) is 19.2 Å². The molecule has 2 aromatic carbocycles. The summed E-state index contributed by atoms with van der Waals surface area (Å²) in [6.45, 7) is 3.00. The Morgan fingerprint density at radius 1 is 1.06 bits per heavy atom. The zero-order valence-corrected chi connectivity index (χ0v) is 18.1. The number of ether oxygens (including phenoxy) is 2. The zero-order valence-electron chi connectivity index (χ0n) is 17.4. The van der Waals surface area contributed by atoms with Gasteiger partial charge >= 0.3 is 0 Å². The van der Waals surface area contributed by atoms with Crippen LogP contribution in [0.3, 0.4) is 0 Å². The number of aromatic nitrogens is 2. The molecule has 1 aliphatic rings. The van der Waals surface area contributed by atoms with Crippen LogP contribution in [0.2, 0.25) is 5.02 Å². The summed E-state index contributed by atoms with van der Waals surface area (Å²) in [4.78, 5) is 27.2. The van der Waals surface area contributed by atoms with Crippen molar-refractivity contribution in [3.05, 3.63) is 81.7 Å². The lowest BCUT2D eigenvalue weighted by atomic mass is 10.2. The second kappa shape index (κ2) is 10.3. The summed E-state index contributed by atoms with van der Waals surface area (Å²) in [7, 11) is 0. The summed E-state index contributed by atoms with van der Waals surface area (Å²) in [6, 6.07) is 17.4. The average molecular weight is 455 g/mol. The van der Waals surface area contributed by atoms with E-state index in [9.17, 15) is 9.59 Å². The Bertz CT molecular complexity index is 1130. The van der Waals surface area contributed by atoms with Gasteiger partial charge in [-0.25, -0.2) is 4.68 Å². The van der Waals surface area contributed by atoms with Crippen molar-refractivity contribution in [1.29, 1.82) is 0 Å². The molecule has 1 aliphatic heterocycles. The smallest absolute Gasteiger partial charge is 0.276 e. The molecular weight excluding hydrogens is 432 g/mol. The number of amides is 1. The molecule has 166 valence electrons. The lowest BCUT2D eigenvalue weighted by molar-refractivity contribution is 0.101. The number of nitrogens with one attached hydrogen (secondary N) is 1. The molecule has 1 aromatic heterocycles. The first-order valence-corrected chi connectivity index (χ1v) is 10.7. The summed E-state index contributed by atoms with van der Waals surface area (Å²) in [5.74, 6) is 0.269. The van der Waals surface area contributed by atoms with E-state index in [0.717, 1.165) is 5.69 Å². The van der Waals surface area contributed by atoms with Crippen molar-refractivity contribution in [3.8, 4) is 5.75 Å². The van der Waals surface area contributed by atoms with Gasteiger partial charge in [0.25, 0.3) is 11.5 Å². The fourth-order valence-electron chi connectivity index (χ4n) is 3.41. The number of carbonyl (C=O) groups excluding carboxylic acids is 1. The van der Waals surface area contributed by atoms with Gasteiger partial charge in [-0.1, -0.05) is 35.9 Å². The molecular formula is C23H23ClN4O4. The highest BCUT2D eigenvalue weighted by Crippen LogP contribution is 2.34. The third-order valence-corrected chi connectivity index (χ3v) is 5.28. The Hall–Kier alpha value is -3.36. The summed E-state index contributed by atoms with van der Waals surface area (Å²) in [5.41, 5.74) is 1.14. The quantitative estimate of drug-likeness (QED) is 0.590. The monoisotopic (exact) mass is 454 g/mol. The summed E-state index contributed by atoms with van der Waals surface area (Å²) < 4.78 is 12.3. The van der Waals surface area contributed by atoms with Gasteiger partial charge in [-0.15, -0.1) is 0 Å². The van der Waals surface area contributed by atoms with Gasteiger partial charge in [0.2, 0.25) is 0 Å². The summed E-state index contributed by atoms with van der Waals surface area (Å²) in [5, 5.41) is 7.63. The molecule has 0 spiro atoms. The molecule has 1 saturated heterocycles. The molecule has 32 heavy (non-hydrogen) atoms. The van der Waals surface area contributed by atoms with E-state index in [0.29, 0.717) is 42.8 Å². The zero-order chi connectivity index (χ0) is 22.3. The molecule has 3 aromatic rings. The molecule has 0 radical (unpaired) electrons. The Balaban J connectivity index is 1.47. The molecule has 9 heteroatoms. The van der Waals surface area contributed by atoms with E-state index >= 15 is 0 Å². The van der Waals surface area contributed by atoms with Crippen LogP contribution in [0.5, 0.6) is 5.75 Å². The van der Waals surface area contributed by atoms with Crippen LogP contribution in [-0.2, 0) is 11.3 Å². The number of benzene rings is 2. The highest BCUT2D eigenvalue weighted by Gasteiger charge is 2.20. The van der Waals surface area contributed by atoms with E-state index in [1.54, 1.807) is 18.2 Å². The first kappa shape index (κ1) is 21.9. The van der Waals surface area contributed by atoms with Crippen LogP contribution in [-0.4, -0.2) is 48.6 Å². The first-order valence-electron chi connectivity index (χ1n) is 10.3. The summed E-state index contributed by atoms with van der Waals surface area (Å²) >= 11 is 6.44. The van der Waals surface area contributed by atoms with Gasteiger partial charge in [-0.2, -0.15) is 5.10 Å². The maximum absolute atomic E-state index is 12.9. The minimum Gasteiger partial charge on any atom is -0.492 e. The van der Waals surface area contributed by atoms with Crippen molar-refractivity contribution in [2.24, 2.45) is 0 Å². The SMILES string of the molecule is O=C(Nc1cccc(Cl)c1N1CCOCC1)c1ccc(=O)n(CCOc2ccccc2)n1. The molecule has 8 nitrogen and oxygen atoms in total. The van der Waals surface area contributed by atoms with Crippen LogP contribution in [0.1, 0.15) is 10.5 Å². The first-order chi connectivity index (χ1) is 15.6. The molecule has 0 aliphatic carbocycles. The normalized spacial score (nSPS) is 13.6. The fraction of sp³-hybridized carbons (Fsp3) is 0.261. The molecule has 0 atom stereocenters. The van der Waals surface area contributed by atoms with Crippen LogP contribution in [0.25, 0.3) is 0 Å². The fourth-order valence-corrected chi connectivity index (χ4v) is 3.70. The predicted octanol–water partition coefficient (Wildman–Crippen LogP) is 3.06. The van der Waals surface area contributed by atoms with E-state index in [-0.39, 0.29) is 24.4 Å². The van der Waals surface area contributed by atoms with Gasteiger partial charge in [-0.05, 0) is 30.3 Å². The number of hydrogen-bond acceptors (Lipinski definition) is 6. The molecule has 4 rings (SSSR count). The van der Waals surface area contributed by atoms with E-state index in [2.05, 4.69) is 15.3 Å². The minimum atomic E-state index is -0.431. The second-order valence-electron chi connectivity index (χ2n) is 7.13. The van der Waals surface area contributed by atoms with Crippen LogP contribution in [0.15, 0.2) is 65.5 Å². The van der Waals surface area contributed by atoms with Crippen LogP contribution in [0.4, 0.5) is 11.4 Å². The predicted molar refractivity (Wildman–Crippen MR) is 123 cm³/mol. The van der Waals surface area contributed by atoms with Gasteiger partial charge in [-0.3, -0.25) is 9.59 Å². The molecule has 0 unspecified atom stereocenters. The van der Waals surface area contributed by atoms with Gasteiger partial charge in [0.05, 0.1) is 36.2 Å². The van der Waals surface area contributed by atoms with Crippen molar-refractivity contribution in [2.75, 3.05) is 43.1 Å². The van der Waals surface area contributed by atoms with Gasteiger partial charge in [0.1, 0.15) is 18.1 Å². The van der Waals surface area contributed by atoms with Gasteiger partial charge in [0.15, 0.2) is 0 Å². The van der Waals surface area contributed by atoms with E-state index in [1.807, 2.05) is 30.3 Å².